The molecule has 3 aliphatic carbocycles. The minimum absolute atomic E-state index is 0.184. The van der Waals surface area contributed by atoms with Crippen LogP contribution >= 0.6 is 0 Å². The van der Waals surface area contributed by atoms with Crippen molar-refractivity contribution in [3.05, 3.63) is 12.2 Å². The molecule has 106 valence electrons. The van der Waals surface area contributed by atoms with Gasteiger partial charge in [0.2, 0.25) is 0 Å². The standard InChI is InChI=1S/C14H14O6/c1-11-8(15)12(6-20-12)7-4-5-13(11,9(16)18-2)14(7,11)10(17)19-3/h4-5,7H,6H2,1-3H3/t7?,11?,12-,13?,14?/m0/s1. The number of ketones is 1. The molecule has 2 saturated carbocycles. The smallest absolute Gasteiger partial charge is 0.317 e. The summed E-state index contributed by atoms with van der Waals surface area (Å²) >= 11 is 0. The molecule has 0 aromatic rings. The third-order valence-electron chi connectivity index (χ3n) is 5.95. The number of rotatable bonds is 2. The lowest BCUT2D eigenvalue weighted by Crippen LogP contribution is -2.40. The summed E-state index contributed by atoms with van der Waals surface area (Å²) in [5.41, 5.74) is -4.50. The lowest BCUT2D eigenvalue weighted by molar-refractivity contribution is -0.157. The van der Waals surface area contributed by atoms with E-state index in [-0.39, 0.29) is 5.78 Å². The molecule has 1 aliphatic heterocycles. The van der Waals surface area contributed by atoms with E-state index in [1.165, 1.54) is 14.2 Å². The molecular weight excluding hydrogens is 264 g/mol. The molecule has 1 spiro atoms. The van der Waals surface area contributed by atoms with Crippen LogP contribution in [-0.4, -0.2) is 44.1 Å². The van der Waals surface area contributed by atoms with Gasteiger partial charge in [-0.15, -0.1) is 0 Å². The Balaban J connectivity index is 1.98. The van der Waals surface area contributed by atoms with E-state index in [9.17, 15) is 14.4 Å². The minimum Gasteiger partial charge on any atom is -0.469 e. The summed E-state index contributed by atoms with van der Waals surface area (Å²) in [7, 11) is 2.53. The van der Waals surface area contributed by atoms with E-state index in [0.717, 1.165) is 0 Å². The molecule has 0 aromatic heterocycles. The zero-order chi connectivity index (χ0) is 14.6. The van der Waals surface area contributed by atoms with Gasteiger partial charge in [-0.1, -0.05) is 12.2 Å². The molecule has 0 amide bonds. The van der Waals surface area contributed by atoms with Gasteiger partial charge in [0, 0.05) is 5.92 Å². The van der Waals surface area contributed by atoms with E-state index in [1.807, 2.05) is 0 Å². The van der Waals surface area contributed by atoms with Crippen molar-refractivity contribution in [2.45, 2.75) is 12.5 Å². The molecular formula is C14H14O6. The number of methoxy groups -OCH3 is 2. The van der Waals surface area contributed by atoms with Crippen LogP contribution in [-0.2, 0) is 28.6 Å². The average molecular weight is 278 g/mol. The van der Waals surface area contributed by atoms with Crippen molar-refractivity contribution in [2.75, 3.05) is 20.8 Å². The Morgan fingerprint density at radius 2 is 1.90 bits per heavy atom. The molecule has 5 atom stereocenters. The maximum Gasteiger partial charge on any atom is 0.317 e. The van der Waals surface area contributed by atoms with Crippen molar-refractivity contribution in [1.29, 1.82) is 0 Å². The summed E-state index contributed by atoms with van der Waals surface area (Å²) in [6.07, 6.45) is 3.39. The number of carbonyl (C=O) groups is 3. The molecule has 1 heterocycles. The lowest BCUT2D eigenvalue weighted by atomic mass is 9.80. The molecule has 0 aromatic carbocycles. The summed E-state index contributed by atoms with van der Waals surface area (Å²) < 4.78 is 15.2. The van der Waals surface area contributed by atoms with Gasteiger partial charge >= 0.3 is 11.9 Å². The van der Waals surface area contributed by atoms with E-state index in [0.29, 0.717) is 6.61 Å². The minimum atomic E-state index is -1.24. The second kappa shape index (κ2) is 2.83. The summed E-state index contributed by atoms with van der Waals surface area (Å²) in [6, 6.07) is 0. The van der Waals surface area contributed by atoms with Gasteiger partial charge < -0.3 is 14.2 Å². The first-order valence-corrected chi connectivity index (χ1v) is 6.47. The second-order valence-electron chi connectivity index (χ2n) is 6.07. The van der Waals surface area contributed by atoms with Gasteiger partial charge in [-0.2, -0.15) is 0 Å². The molecule has 0 N–H and O–H groups in total. The molecule has 0 radical (unpaired) electrons. The van der Waals surface area contributed by atoms with Crippen LogP contribution in [0.15, 0.2) is 12.2 Å². The molecule has 1 saturated heterocycles. The highest BCUT2D eigenvalue weighted by molar-refractivity contribution is 6.19. The number of hydrogen-bond donors (Lipinski definition) is 0. The highest BCUT2D eigenvalue weighted by Crippen LogP contribution is 2.92. The number of hydrogen-bond acceptors (Lipinski definition) is 6. The summed E-state index contributed by atoms with van der Waals surface area (Å²) in [6.45, 7) is 1.95. The van der Waals surface area contributed by atoms with E-state index in [2.05, 4.69) is 0 Å². The lowest BCUT2D eigenvalue weighted by Gasteiger charge is -2.22. The van der Waals surface area contributed by atoms with E-state index in [1.54, 1.807) is 19.1 Å². The number of epoxide rings is 1. The Kier molecular flexibility index (Phi) is 1.71. The fourth-order valence-corrected chi connectivity index (χ4v) is 5.08. The quantitative estimate of drug-likeness (QED) is 0.397. The Bertz CT molecular complexity index is 617. The third-order valence-corrected chi connectivity index (χ3v) is 5.95. The first-order chi connectivity index (χ1) is 9.41. The maximum atomic E-state index is 12.8. The zero-order valence-electron chi connectivity index (χ0n) is 11.4. The molecule has 4 rings (SSSR count). The molecule has 4 unspecified atom stereocenters. The molecule has 4 aliphatic rings. The van der Waals surface area contributed by atoms with Crippen LogP contribution in [0.2, 0.25) is 0 Å². The van der Waals surface area contributed by atoms with E-state index >= 15 is 0 Å². The summed E-state index contributed by atoms with van der Waals surface area (Å²) in [4.78, 5) is 37.5. The number of carbonyl (C=O) groups excluding carboxylic acids is 3. The van der Waals surface area contributed by atoms with Crippen molar-refractivity contribution in [1.82, 2.24) is 0 Å². The van der Waals surface area contributed by atoms with Gasteiger partial charge in [-0.05, 0) is 6.92 Å². The topological polar surface area (TPSA) is 82.2 Å². The van der Waals surface area contributed by atoms with Gasteiger partial charge in [-0.3, -0.25) is 14.4 Å². The predicted molar refractivity (Wildman–Crippen MR) is 63.3 cm³/mol. The first-order valence-electron chi connectivity index (χ1n) is 6.47. The maximum absolute atomic E-state index is 12.8. The SMILES string of the molecule is COC(=O)C12C=CC3C1(C(=O)OC)C2(C)C(=O)[C@]31CO1. The zero-order valence-corrected chi connectivity index (χ0v) is 11.4. The van der Waals surface area contributed by atoms with Crippen LogP contribution in [0.25, 0.3) is 0 Å². The van der Waals surface area contributed by atoms with E-state index in [4.69, 9.17) is 14.2 Å². The summed E-state index contributed by atoms with van der Waals surface area (Å²) in [5.74, 6) is -1.73. The molecule has 6 nitrogen and oxygen atoms in total. The molecule has 6 heteroatoms. The number of Topliss-reactive ketones (excluding diaryl/α,β-unsaturated/α-hetero) is 1. The van der Waals surface area contributed by atoms with Gasteiger partial charge in [0.05, 0.1) is 26.2 Å². The first kappa shape index (κ1) is 12.1. The van der Waals surface area contributed by atoms with E-state index < -0.39 is 39.7 Å². The Morgan fingerprint density at radius 1 is 1.30 bits per heavy atom. The van der Waals surface area contributed by atoms with Crippen molar-refractivity contribution < 1.29 is 28.6 Å². The Morgan fingerprint density at radius 3 is 2.40 bits per heavy atom. The summed E-state index contributed by atoms with van der Waals surface area (Å²) in [5, 5.41) is 0. The molecule has 0 bridgehead atoms. The second-order valence-corrected chi connectivity index (χ2v) is 6.07. The average Bonchev–Trinajstić information content (AvgIpc) is 3.29. The van der Waals surface area contributed by atoms with Gasteiger partial charge in [0.25, 0.3) is 0 Å². The van der Waals surface area contributed by atoms with Crippen LogP contribution in [0.4, 0.5) is 0 Å². The highest BCUT2D eigenvalue weighted by Gasteiger charge is 3.05. The van der Waals surface area contributed by atoms with Crippen LogP contribution < -0.4 is 0 Å². The molecule has 20 heavy (non-hydrogen) atoms. The third kappa shape index (κ3) is 0.692. The highest BCUT2D eigenvalue weighted by atomic mass is 16.6. The molecule has 3 fully saturated rings. The fourth-order valence-electron chi connectivity index (χ4n) is 5.08. The Hall–Kier alpha value is -1.69. The fraction of sp³-hybridized carbons (Fsp3) is 0.643. The number of fused-ring (bicyclic) bond motifs is 2. The number of ether oxygens (including phenoxy) is 3. The van der Waals surface area contributed by atoms with Crippen molar-refractivity contribution in [2.24, 2.45) is 22.2 Å². The monoisotopic (exact) mass is 278 g/mol. The normalized spacial score (nSPS) is 53.0. The van der Waals surface area contributed by atoms with Crippen molar-refractivity contribution >= 4 is 17.7 Å². The van der Waals surface area contributed by atoms with Crippen molar-refractivity contribution in [3.8, 4) is 0 Å². The van der Waals surface area contributed by atoms with Crippen LogP contribution in [0, 0.1) is 22.2 Å². The predicted octanol–water partition coefficient (Wildman–Crippen LogP) is -0.137. The van der Waals surface area contributed by atoms with Gasteiger partial charge in [0.15, 0.2) is 11.4 Å². The Labute approximate surface area is 115 Å². The van der Waals surface area contributed by atoms with Crippen molar-refractivity contribution in [3.63, 3.8) is 0 Å². The van der Waals surface area contributed by atoms with Crippen LogP contribution in [0.5, 0.6) is 0 Å². The van der Waals surface area contributed by atoms with Crippen LogP contribution in [0.1, 0.15) is 6.92 Å². The largest absolute Gasteiger partial charge is 0.469 e. The number of esters is 2. The van der Waals surface area contributed by atoms with Crippen LogP contribution in [0.3, 0.4) is 0 Å². The van der Waals surface area contributed by atoms with Gasteiger partial charge in [0.1, 0.15) is 10.8 Å². The van der Waals surface area contributed by atoms with Gasteiger partial charge in [-0.25, -0.2) is 0 Å².